The lowest BCUT2D eigenvalue weighted by molar-refractivity contribution is -0.133. The third-order valence-electron chi connectivity index (χ3n) is 5.32. The Morgan fingerprint density at radius 1 is 0.897 bits per heavy atom. The summed E-state index contributed by atoms with van der Waals surface area (Å²) in [6.07, 6.45) is 0.459. The largest absolute Gasteiger partial charge is 0.478 e. The summed E-state index contributed by atoms with van der Waals surface area (Å²) in [6, 6.07) is 22.0. The quantitative estimate of drug-likeness (QED) is 0.703. The van der Waals surface area contributed by atoms with Gasteiger partial charge in [0.1, 0.15) is 0 Å². The zero-order valence-corrected chi connectivity index (χ0v) is 15.9. The van der Waals surface area contributed by atoms with Gasteiger partial charge in [-0.3, -0.25) is 4.79 Å². The molecule has 1 amide bonds. The second kappa shape index (κ2) is 7.89. The maximum atomic E-state index is 12.8. The van der Waals surface area contributed by atoms with E-state index in [4.69, 9.17) is 10.8 Å². The van der Waals surface area contributed by atoms with Gasteiger partial charge in [0.2, 0.25) is 5.91 Å². The minimum atomic E-state index is -0.947. The number of hydrogen-bond donors (Lipinski definition) is 2. The van der Waals surface area contributed by atoms with E-state index in [0.717, 1.165) is 16.7 Å². The molecule has 3 aromatic carbocycles. The number of benzene rings is 3. The molecule has 0 spiro atoms. The van der Waals surface area contributed by atoms with Crippen LogP contribution in [0.1, 0.15) is 27.0 Å². The highest BCUT2D eigenvalue weighted by atomic mass is 16.4. The van der Waals surface area contributed by atoms with Crippen LogP contribution in [0.3, 0.4) is 0 Å². The summed E-state index contributed by atoms with van der Waals surface area (Å²) in [4.78, 5) is 25.7. The average molecular weight is 386 g/mol. The van der Waals surface area contributed by atoms with Gasteiger partial charge in [-0.25, -0.2) is 4.79 Å². The number of nitrogens with zero attached hydrogens (tertiary/aromatic N) is 1. The fraction of sp³-hybridized carbons (Fsp3) is 0.167. The fourth-order valence-corrected chi connectivity index (χ4v) is 3.73. The molecule has 1 heterocycles. The summed E-state index contributed by atoms with van der Waals surface area (Å²) in [7, 11) is 0. The Hall–Kier alpha value is -3.44. The second-order valence-electron chi connectivity index (χ2n) is 7.36. The Labute approximate surface area is 169 Å². The van der Waals surface area contributed by atoms with Crippen molar-refractivity contribution < 1.29 is 14.7 Å². The van der Waals surface area contributed by atoms with Crippen LogP contribution >= 0.6 is 0 Å². The maximum Gasteiger partial charge on any atom is 0.335 e. The normalized spacial score (nSPS) is 13.8. The number of amides is 1. The topological polar surface area (TPSA) is 83.6 Å². The molecule has 3 N–H and O–H groups in total. The highest BCUT2D eigenvalue weighted by molar-refractivity contribution is 5.89. The Morgan fingerprint density at radius 2 is 1.55 bits per heavy atom. The molecule has 0 fully saturated rings. The third kappa shape index (κ3) is 4.05. The molecule has 146 valence electrons. The first-order valence-electron chi connectivity index (χ1n) is 9.55. The first-order valence-corrected chi connectivity index (χ1v) is 9.55. The first-order chi connectivity index (χ1) is 14.0. The summed E-state index contributed by atoms with van der Waals surface area (Å²) in [5.74, 6) is -0.989. The smallest absolute Gasteiger partial charge is 0.335 e. The molecule has 0 aliphatic carbocycles. The van der Waals surface area contributed by atoms with E-state index >= 15 is 0 Å². The standard InChI is InChI=1S/C24H22N2O3/c25-22(23(27)26-14-20-4-1-2-5-21(20)15-26)12-16-8-10-17(11-9-16)18-6-3-7-19(13-18)24(28)29/h1-11,13,22H,12,14-15,25H2,(H,28,29)/t22-/m1/s1. The molecule has 5 nitrogen and oxygen atoms in total. The highest BCUT2D eigenvalue weighted by Crippen LogP contribution is 2.24. The average Bonchev–Trinajstić information content (AvgIpc) is 3.18. The van der Waals surface area contributed by atoms with Crippen LogP contribution in [0.5, 0.6) is 0 Å². The lowest BCUT2D eigenvalue weighted by Crippen LogP contribution is -2.42. The van der Waals surface area contributed by atoms with Gasteiger partial charge in [-0.2, -0.15) is 0 Å². The molecule has 5 heteroatoms. The van der Waals surface area contributed by atoms with Crippen LogP contribution in [0, 0.1) is 0 Å². The van der Waals surface area contributed by atoms with Gasteiger partial charge in [-0.1, -0.05) is 60.7 Å². The number of rotatable bonds is 5. The molecule has 0 saturated heterocycles. The molecule has 1 atom stereocenters. The fourth-order valence-electron chi connectivity index (χ4n) is 3.73. The van der Waals surface area contributed by atoms with E-state index in [0.29, 0.717) is 19.5 Å². The summed E-state index contributed by atoms with van der Waals surface area (Å²) in [5, 5.41) is 9.15. The number of hydrogen-bond acceptors (Lipinski definition) is 3. The van der Waals surface area contributed by atoms with E-state index in [-0.39, 0.29) is 11.5 Å². The molecule has 0 unspecified atom stereocenters. The molecule has 0 saturated carbocycles. The number of carbonyl (C=O) groups excluding carboxylic acids is 1. The Bertz CT molecular complexity index is 1030. The van der Waals surface area contributed by atoms with Crippen LogP contribution in [0.15, 0.2) is 72.8 Å². The van der Waals surface area contributed by atoms with Gasteiger partial charge >= 0.3 is 5.97 Å². The van der Waals surface area contributed by atoms with E-state index in [2.05, 4.69) is 0 Å². The summed E-state index contributed by atoms with van der Waals surface area (Å²) in [5.41, 5.74) is 11.6. The highest BCUT2D eigenvalue weighted by Gasteiger charge is 2.26. The van der Waals surface area contributed by atoms with Crippen LogP contribution in [0.4, 0.5) is 0 Å². The number of fused-ring (bicyclic) bond motifs is 1. The van der Waals surface area contributed by atoms with Crippen LogP contribution in [-0.4, -0.2) is 27.9 Å². The molecule has 29 heavy (non-hydrogen) atoms. The SMILES string of the molecule is N[C@H](Cc1ccc(-c2cccc(C(=O)O)c2)cc1)C(=O)N1Cc2ccccc2C1. The first kappa shape index (κ1) is 18.9. The third-order valence-corrected chi connectivity index (χ3v) is 5.32. The summed E-state index contributed by atoms with van der Waals surface area (Å²) < 4.78 is 0. The van der Waals surface area contributed by atoms with Crippen molar-refractivity contribution in [2.75, 3.05) is 0 Å². The zero-order valence-electron chi connectivity index (χ0n) is 15.9. The van der Waals surface area contributed by atoms with Crippen molar-refractivity contribution in [3.8, 4) is 11.1 Å². The minimum absolute atomic E-state index is 0.0422. The van der Waals surface area contributed by atoms with Crippen molar-refractivity contribution in [1.82, 2.24) is 4.90 Å². The van der Waals surface area contributed by atoms with E-state index < -0.39 is 12.0 Å². The van der Waals surface area contributed by atoms with Crippen molar-refractivity contribution in [2.45, 2.75) is 25.6 Å². The molecule has 0 aromatic heterocycles. The maximum absolute atomic E-state index is 12.8. The van der Waals surface area contributed by atoms with Crippen LogP contribution in [0.2, 0.25) is 0 Å². The van der Waals surface area contributed by atoms with Gasteiger partial charge in [0.05, 0.1) is 11.6 Å². The molecule has 1 aliphatic rings. The van der Waals surface area contributed by atoms with Crippen molar-refractivity contribution in [3.63, 3.8) is 0 Å². The lowest BCUT2D eigenvalue weighted by Gasteiger charge is -2.20. The predicted octanol–water partition coefficient (Wildman–Crippen LogP) is 3.46. The van der Waals surface area contributed by atoms with Gasteiger partial charge in [-0.15, -0.1) is 0 Å². The van der Waals surface area contributed by atoms with E-state index in [1.165, 1.54) is 11.1 Å². The molecule has 3 aromatic rings. The molecule has 0 radical (unpaired) electrons. The summed E-state index contributed by atoms with van der Waals surface area (Å²) >= 11 is 0. The monoisotopic (exact) mass is 386 g/mol. The van der Waals surface area contributed by atoms with Gasteiger partial charge in [-0.05, 0) is 46.4 Å². The Morgan fingerprint density at radius 3 is 2.17 bits per heavy atom. The molecular weight excluding hydrogens is 364 g/mol. The molecular formula is C24H22N2O3. The lowest BCUT2D eigenvalue weighted by atomic mass is 9.99. The second-order valence-corrected chi connectivity index (χ2v) is 7.36. The molecule has 4 rings (SSSR count). The van der Waals surface area contributed by atoms with E-state index in [9.17, 15) is 9.59 Å². The van der Waals surface area contributed by atoms with Gasteiger partial charge in [0, 0.05) is 13.1 Å². The van der Waals surface area contributed by atoms with Crippen molar-refractivity contribution >= 4 is 11.9 Å². The van der Waals surface area contributed by atoms with Gasteiger partial charge in [0.25, 0.3) is 0 Å². The van der Waals surface area contributed by atoms with Crippen LogP contribution < -0.4 is 5.73 Å². The number of carboxylic acids is 1. The van der Waals surface area contributed by atoms with Crippen molar-refractivity contribution in [1.29, 1.82) is 0 Å². The van der Waals surface area contributed by atoms with Gasteiger partial charge in [0.15, 0.2) is 0 Å². The summed E-state index contributed by atoms with van der Waals surface area (Å²) in [6.45, 7) is 1.23. The number of carboxylic acid groups (broad SMARTS) is 1. The van der Waals surface area contributed by atoms with Gasteiger partial charge < -0.3 is 15.7 Å². The molecule has 0 bridgehead atoms. The van der Waals surface area contributed by atoms with Crippen LogP contribution in [0.25, 0.3) is 11.1 Å². The zero-order chi connectivity index (χ0) is 20.4. The minimum Gasteiger partial charge on any atom is -0.478 e. The van der Waals surface area contributed by atoms with E-state index in [1.807, 2.05) is 54.6 Å². The Kier molecular flexibility index (Phi) is 5.14. The number of carbonyl (C=O) groups is 2. The molecule has 1 aliphatic heterocycles. The number of aromatic carboxylic acids is 1. The predicted molar refractivity (Wildman–Crippen MR) is 111 cm³/mol. The van der Waals surface area contributed by atoms with Crippen molar-refractivity contribution in [3.05, 3.63) is 95.1 Å². The Balaban J connectivity index is 1.42. The van der Waals surface area contributed by atoms with Crippen molar-refractivity contribution in [2.24, 2.45) is 5.73 Å². The number of nitrogens with two attached hydrogens (primary N) is 1. The van der Waals surface area contributed by atoms with Crippen LogP contribution in [-0.2, 0) is 24.3 Å². The van der Waals surface area contributed by atoms with E-state index in [1.54, 1.807) is 23.1 Å².